The zero-order chi connectivity index (χ0) is 12.8. The van der Waals surface area contributed by atoms with Crippen molar-refractivity contribution in [2.24, 2.45) is 0 Å². The van der Waals surface area contributed by atoms with Gasteiger partial charge in [-0.05, 0) is 30.8 Å². The first kappa shape index (κ1) is 12.5. The fraction of sp³-hybridized carbons (Fsp3) is 0.286. The summed E-state index contributed by atoms with van der Waals surface area (Å²) in [5.74, 6) is 0.109. The lowest BCUT2D eigenvalue weighted by molar-refractivity contribution is 0.0924. The minimum atomic E-state index is 0.109. The van der Waals surface area contributed by atoms with Gasteiger partial charge in [-0.1, -0.05) is 13.0 Å². The minimum Gasteiger partial charge on any atom is -0.359 e. The second-order valence-corrected chi connectivity index (χ2v) is 4.13. The van der Waals surface area contributed by atoms with Crippen LogP contribution in [0.1, 0.15) is 23.1 Å². The maximum atomic E-state index is 12.0. The number of nitrogens with zero attached hydrogens (tertiary/aromatic N) is 2. The van der Waals surface area contributed by atoms with Crippen LogP contribution in [0.2, 0.25) is 0 Å². The van der Waals surface area contributed by atoms with Gasteiger partial charge < -0.3 is 4.98 Å². The molecule has 0 spiro atoms. The van der Waals surface area contributed by atoms with Crippen LogP contribution in [-0.4, -0.2) is 33.7 Å². The fourth-order valence-electron chi connectivity index (χ4n) is 1.79. The fourth-order valence-corrected chi connectivity index (χ4v) is 1.79. The molecule has 0 amide bonds. The minimum absolute atomic E-state index is 0.109. The molecule has 0 saturated carbocycles. The number of carbonyl (C=O) groups is 1. The van der Waals surface area contributed by atoms with Crippen molar-refractivity contribution in [3.63, 3.8) is 0 Å². The van der Waals surface area contributed by atoms with Crippen LogP contribution >= 0.6 is 0 Å². The highest BCUT2D eigenvalue weighted by Crippen LogP contribution is 2.04. The van der Waals surface area contributed by atoms with Crippen LogP contribution in [0.5, 0.6) is 0 Å². The Bertz CT molecular complexity index is 479. The van der Waals surface area contributed by atoms with Crippen LogP contribution in [0.4, 0.5) is 0 Å². The van der Waals surface area contributed by atoms with Gasteiger partial charge in [-0.2, -0.15) is 0 Å². The Balaban J connectivity index is 1.96. The molecule has 0 radical (unpaired) electrons. The van der Waals surface area contributed by atoms with Gasteiger partial charge in [0.2, 0.25) is 0 Å². The van der Waals surface area contributed by atoms with E-state index in [0.29, 0.717) is 18.8 Å². The van der Waals surface area contributed by atoms with Crippen LogP contribution in [0.3, 0.4) is 0 Å². The first-order chi connectivity index (χ1) is 8.79. The van der Waals surface area contributed by atoms with Crippen molar-refractivity contribution >= 4 is 5.78 Å². The lowest BCUT2D eigenvalue weighted by Crippen LogP contribution is -2.29. The Morgan fingerprint density at radius 2 is 2.22 bits per heavy atom. The number of hydrogen-bond donors (Lipinski definition) is 1. The molecule has 0 aromatic carbocycles. The summed E-state index contributed by atoms with van der Waals surface area (Å²) in [5, 5.41) is 0. The first-order valence-electron chi connectivity index (χ1n) is 6.08. The molecule has 0 saturated heterocycles. The molecule has 0 aliphatic heterocycles. The number of pyridine rings is 1. The first-order valence-corrected chi connectivity index (χ1v) is 6.08. The molecule has 2 aromatic heterocycles. The van der Waals surface area contributed by atoms with Crippen LogP contribution in [0.25, 0.3) is 0 Å². The molecule has 0 fully saturated rings. The summed E-state index contributed by atoms with van der Waals surface area (Å²) in [6.07, 6.45) is 3.54. The molecule has 4 heteroatoms. The molecule has 0 bridgehead atoms. The SMILES string of the molecule is CCN(CC(=O)c1ccc[nH]1)Cc1ccccn1. The largest absolute Gasteiger partial charge is 0.359 e. The molecule has 2 heterocycles. The molecule has 0 unspecified atom stereocenters. The second-order valence-electron chi connectivity index (χ2n) is 4.13. The molecule has 2 rings (SSSR count). The Hall–Kier alpha value is -1.94. The Morgan fingerprint density at radius 3 is 2.83 bits per heavy atom. The maximum Gasteiger partial charge on any atom is 0.192 e. The van der Waals surface area contributed by atoms with Gasteiger partial charge in [0.25, 0.3) is 0 Å². The summed E-state index contributed by atoms with van der Waals surface area (Å²) in [5.41, 5.74) is 1.65. The van der Waals surface area contributed by atoms with E-state index >= 15 is 0 Å². The standard InChI is InChI=1S/C14H17N3O/c1-2-17(10-12-6-3-4-8-15-12)11-14(18)13-7-5-9-16-13/h3-9,16H,2,10-11H2,1H3. The van der Waals surface area contributed by atoms with E-state index in [2.05, 4.69) is 14.9 Å². The normalized spacial score (nSPS) is 10.8. The van der Waals surface area contributed by atoms with Crippen molar-refractivity contribution in [2.45, 2.75) is 13.5 Å². The molecule has 0 aliphatic rings. The quantitative estimate of drug-likeness (QED) is 0.790. The smallest absolute Gasteiger partial charge is 0.192 e. The van der Waals surface area contributed by atoms with Crippen molar-refractivity contribution in [1.82, 2.24) is 14.9 Å². The monoisotopic (exact) mass is 243 g/mol. The summed E-state index contributed by atoms with van der Waals surface area (Å²) in [4.78, 5) is 21.3. The number of rotatable bonds is 6. The number of hydrogen-bond acceptors (Lipinski definition) is 3. The Kier molecular flexibility index (Phi) is 4.25. The van der Waals surface area contributed by atoms with Gasteiger partial charge in [0, 0.05) is 18.9 Å². The summed E-state index contributed by atoms with van der Waals surface area (Å²) < 4.78 is 0. The van der Waals surface area contributed by atoms with E-state index in [1.54, 1.807) is 18.5 Å². The van der Waals surface area contributed by atoms with Crippen molar-refractivity contribution in [3.8, 4) is 0 Å². The Morgan fingerprint density at radius 1 is 1.33 bits per heavy atom. The number of likely N-dealkylation sites (N-methyl/N-ethyl adjacent to an activating group) is 1. The number of Topliss-reactive ketones (excluding diaryl/α,β-unsaturated/α-hetero) is 1. The van der Waals surface area contributed by atoms with Crippen molar-refractivity contribution in [2.75, 3.05) is 13.1 Å². The van der Waals surface area contributed by atoms with Gasteiger partial charge in [0.05, 0.1) is 17.9 Å². The second kappa shape index (κ2) is 6.12. The maximum absolute atomic E-state index is 12.0. The van der Waals surface area contributed by atoms with Crippen molar-refractivity contribution in [3.05, 3.63) is 54.1 Å². The third-order valence-electron chi connectivity index (χ3n) is 2.82. The summed E-state index contributed by atoms with van der Waals surface area (Å²) in [6, 6.07) is 9.47. The third-order valence-corrected chi connectivity index (χ3v) is 2.82. The summed E-state index contributed by atoms with van der Waals surface area (Å²) in [7, 11) is 0. The summed E-state index contributed by atoms with van der Waals surface area (Å²) >= 11 is 0. The molecule has 4 nitrogen and oxygen atoms in total. The van der Waals surface area contributed by atoms with Crippen molar-refractivity contribution in [1.29, 1.82) is 0 Å². The summed E-state index contributed by atoms with van der Waals surface area (Å²) in [6.45, 7) is 3.98. The van der Waals surface area contributed by atoms with Crippen LogP contribution in [-0.2, 0) is 6.54 Å². The zero-order valence-corrected chi connectivity index (χ0v) is 10.5. The van der Waals surface area contributed by atoms with Gasteiger partial charge >= 0.3 is 0 Å². The topological polar surface area (TPSA) is 49.0 Å². The highest BCUT2D eigenvalue weighted by Gasteiger charge is 2.12. The van der Waals surface area contributed by atoms with Crippen LogP contribution < -0.4 is 0 Å². The molecule has 18 heavy (non-hydrogen) atoms. The highest BCUT2D eigenvalue weighted by atomic mass is 16.1. The van der Waals surface area contributed by atoms with E-state index in [9.17, 15) is 4.79 Å². The van der Waals surface area contributed by atoms with Gasteiger partial charge in [-0.25, -0.2) is 0 Å². The lowest BCUT2D eigenvalue weighted by atomic mass is 10.2. The van der Waals surface area contributed by atoms with E-state index in [4.69, 9.17) is 0 Å². The number of aromatic amines is 1. The molecule has 1 N–H and O–H groups in total. The van der Waals surface area contributed by atoms with Gasteiger partial charge in [-0.15, -0.1) is 0 Å². The average Bonchev–Trinajstić information content (AvgIpc) is 2.93. The number of H-pyrrole nitrogens is 1. The molecule has 94 valence electrons. The van der Waals surface area contributed by atoms with E-state index in [-0.39, 0.29) is 5.78 Å². The highest BCUT2D eigenvalue weighted by molar-refractivity contribution is 5.95. The van der Waals surface area contributed by atoms with Crippen LogP contribution in [0.15, 0.2) is 42.7 Å². The van der Waals surface area contributed by atoms with E-state index in [1.165, 1.54) is 0 Å². The van der Waals surface area contributed by atoms with Crippen molar-refractivity contribution < 1.29 is 4.79 Å². The number of ketones is 1. The van der Waals surface area contributed by atoms with E-state index in [0.717, 1.165) is 12.2 Å². The number of nitrogens with one attached hydrogen (secondary N) is 1. The van der Waals surface area contributed by atoms with Gasteiger partial charge in [0.15, 0.2) is 5.78 Å². The molecule has 2 aromatic rings. The average molecular weight is 243 g/mol. The number of carbonyl (C=O) groups excluding carboxylic acids is 1. The third kappa shape index (κ3) is 3.28. The van der Waals surface area contributed by atoms with Gasteiger partial charge in [0.1, 0.15) is 0 Å². The zero-order valence-electron chi connectivity index (χ0n) is 10.5. The predicted molar refractivity (Wildman–Crippen MR) is 70.3 cm³/mol. The molecular weight excluding hydrogens is 226 g/mol. The van der Waals surface area contributed by atoms with Gasteiger partial charge in [-0.3, -0.25) is 14.7 Å². The van der Waals surface area contributed by atoms with Crippen LogP contribution in [0, 0.1) is 0 Å². The molecular formula is C14H17N3O. The number of aromatic nitrogens is 2. The van der Waals surface area contributed by atoms with E-state index < -0.39 is 0 Å². The predicted octanol–water partition coefficient (Wildman–Crippen LogP) is 2.11. The Labute approximate surface area is 107 Å². The molecule has 0 aliphatic carbocycles. The molecule has 0 atom stereocenters. The van der Waals surface area contributed by atoms with E-state index in [1.807, 2.05) is 31.2 Å². The lowest BCUT2D eigenvalue weighted by Gasteiger charge is -2.18.